The lowest BCUT2D eigenvalue weighted by atomic mass is 9.94. The molecule has 5 nitrogen and oxygen atoms in total. The highest BCUT2D eigenvalue weighted by molar-refractivity contribution is 5.94. The number of carboxylic acids is 1. The van der Waals surface area contributed by atoms with E-state index in [1.54, 1.807) is 4.90 Å². The molecule has 0 aliphatic carbocycles. The molecule has 0 spiro atoms. The number of hydrogen-bond acceptors (Lipinski definition) is 2. The fourth-order valence-electron chi connectivity index (χ4n) is 2.99. The first-order valence-electron chi connectivity index (χ1n) is 8.07. The van der Waals surface area contributed by atoms with Crippen LogP contribution in [0.25, 0.3) is 16.3 Å². The van der Waals surface area contributed by atoms with E-state index in [0.29, 0.717) is 13.1 Å². The molecule has 0 radical (unpaired) electrons. The Labute approximate surface area is 140 Å². The standard InChI is InChI=1S/C19H20N2O3/c22-18(23)8-11-20-19(24)21-12-9-15(10-13-21)17-7-3-5-14-4-1-2-6-16(14)17/h1-7,9H,8,10-13H2,(H,20,24)(H,22,23). The molecule has 1 heterocycles. The highest BCUT2D eigenvalue weighted by atomic mass is 16.4. The Morgan fingerprint density at radius 1 is 1.12 bits per heavy atom. The number of benzene rings is 2. The van der Waals surface area contributed by atoms with E-state index < -0.39 is 5.97 Å². The number of fused-ring (bicyclic) bond motifs is 1. The quantitative estimate of drug-likeness (QED) is 0.908. The summed E-state index contributed by atoms with van der Waals surface area (Å²) < 4.78 is 0. The average Bonchev–Trinajstić information content (AvgIpc) is 2.61. The minimum atomic E-state index is -0.910. The van der Waals surface area contributed by atoms with Crippen LogP contribution in [0.3, 0.4) is 0 Å². The predicted molar refractivity (Wildman–Crippen MR) is 93.8 cm³/mol. The monoisotopic (exact) mass is 324 g/mol. The Hall–Kier alpha value is -2.82. The topological polar surface area (TPSA) is 69.6 Å². The number of carbonyl (C=O) groups is 2. The van der Waals surface area contributed by atoms with E-state index in [4.69, 9.17) is 5.11 Å². The number of rotatable bonds is 4. The fraction of sp³-hybridized carbons (Fsp3) is 0.263. The van der Waals surface area contributed by atoms with Crippen molar-refractivity contribution in [1.29, 1.82) is 0 Å². The number of hydrogen-bond donors (Lipinski definition) is 2. The molecule has 2 aromatic rings. The molecule has 2 amide bonds. The first-order chi connectivity index (χ1) is 11.6. The summed E-state index contributed by atoms with van der Waals surface area (Å²) in [7, 11) is 0. The number of amides is 2. The molecule has 2 N–H and O–H groups in total. The molecule has 5 heteroatoms. The van der Waals surface area contributed by atoms with Crippen molar-refractivity contribution in [2.75, 3.05) is 19.6 Å². The van der Waals surface area contributed by atoms with E-state index in [2.05, 4.69) is 41.7 Å². The summed E-state index contributed by atoms with van der Waals surface area (Å²) in [5.74, 6) is -0.910. The minimum Gasteiger partial charge on any atom is -0.481 e. The van der Waals surface area contributed by atoms with Crippen molar-refractivity contribution in [2.45, 2.75) is 12.8 Å². The number of nitrogens with one attached hydrogen (secondary N) is 1. The minimum absolute atomic E-state index is 0.0589. The van der Waals surface area contributed by atoms with Gasteiger partial charge in [-0.2, -0.15) is 0 Å². The van der Waals surface area contributed by atoms with Crippen LogP contribution >= 0.6 is 0 Å². The van der Waals surface area contributed by atoms with Gasteiger partial charge in [0.15, 0.2) is 0 Å². The van der Waals surface area contributed by atoms with Crippen molar-refractivity contribution in [2.24, 2.45) is 0 Å². The Morgan fingerprint density at radius 2 is 1.92 bits per heavy atom. The zero-order valence-electron chi connectivity index (χ0n) is 13.4. The van der Waals surface area contributed by atoms with Crippen LogP contribution in [0, 0.1) is 0 Å². The normalized spacial score (nSPS) is 14.3. The lowest BCUT2D eigenvalue weighted by Gasteiger charge is -2.27. The molecule has 0 aromatic heterocycles. The van der Waals surface area contributed by atoms with Gasteiger partial charge < -0.3 is 15.3 Å². The van der Waals surface area contributed by atoms with Gasteiger partial charge in [0.1, 0.15) is 0 Å². The largest absolute Gasteiger partial charge is 0.481 e. The summed E-state index contributed by atoms with van der Waals surface area (Å²) in [6.45, 7) is 1.33. The van der Waals surface area contributed by atoms with Gasteiger partial charge in [0.2, 0.25) is 0 Å². The molecule has 0 fully saturated rings. The Bertz CT molecular complexity index is 793. The third-order valence-electron chi connectivity index (χ3n) is 4.25. The van der Waals surface area contributed by atoms with Gasteiger partial charge in [-0.1, -0.05) is 48.5 Å². The van der Waals surface area contributed by atoms with Crippen molar-refractivity contribution in [3.63, 3.8) is 0 Å². The zero-order chi connectivity index (χ0) is 16.9. The number of carbonyl (C=O) groups excluding carboxylic acids is 1. The molecule has 0 bridgehead atoms. The van der Waals surface area contributed by atoms with Crippen LogP contribution in [0.4, 0.5) is 4.79 Å². The molecule has 0 atom stereocenters. The lowest BCUT2D eigenvalue weighted by molar-refractivity contribution is -0.136. The van der Waals surface area contributed by atoms with Crippen LogP contribution in [0.1, 0.15) is 18.4 Å². The molecular formula is C19H20N2O3. The van der Waals surface area contributed by atoms with E-state index in [9.17, 15) is 9.59 Å². The summed E-state index contributed by atoms with van der Waals surface area (Å²) in [4.78, 5) is 24.2. The van der Waals surface area contributed by atoms with Crippen molar-refractivity contribution in [3.8, 4) is 0 Å². The second-order valence-electron chi connectivity index (χ2n) is 5.83. The van der Waals surface area contributed by atoms with Gasteiger partial charge in [-0.25, -0.2) is 4.79 Å². The van der Waals surface area contributed by atoms with Crippen molar-refractivity contribution in [1.82, 2.24) is 10.2 Å². The first kappa shape index (κ1) is 16.1. The number of urea groups is 1. The summed E-state index contributed by atoms with van der Waals surface area (Å²) in [6, 6.07) is 14.4. The predicted octanol–water partition coefficient (Wildman–Crippen LogP) is 3.11. The van der Waals surface area contributed by atoms with Gasteiger partial charge in [0.05, 0.1) is 6.42 Å². The maximum Gasteiger partial charge on any atom is 0.317 e. The molecule has 0 saturated carbocycles. The molecule has 2 aromatic carbocycles. The Kier molecular flexibility index (Phi) is 4.79. The van der Waals surface area contributed by atoms with Crippen molar-refractivity contribution in [3.05, 3.63) is 54.1 Å². The van der Waals surface area contributed by atoms with E-state index >= 15 is 0 Å². The zero-order valence-corrected chi connectivity index (χ0v) is 13.4. The van der Waals surface area contributed by atoms with Crippen LogP contribution in [-0.2, 0) is 4.79 Å². The maximum absolute atomic E-state index is 12.0. The number of nitrogens with zero attached hydrogens (tertiary/aromatic N) is 1. The molecule has 24 heavy (non-hydrogen) atoms. The highest BCUT2D eigenvalue weighted by Gasteiger charge is 2.18. The van der Waals surface area contributed by atoms with Crippen LogP contribution in [0.2, 0.25) is 0 Å². The first-order valence-corrected chi connectivity index (χ1v) is 8.07. The number of carboxylic acid groups (broad SMARTS) is 1. The molecule has 1 aliphatic heterocycles. The SMILES string of the molecule is O=C(O)CCNC(=O)N1CC=C(c2cccc3ccccc23)CC1. The third kappa shape index (κ3) is 3.56. The van der Waals surface area contributed by atoms with Crippen LogP contribution in [-0.4, -0.2) is 41.6 Å². The van der Waals surface area contributed by atoms with Gasteiger partial charge in [-0.3, -0.25) is 4.79 Å². The van der Waals surface area contributed by atoms with E-state index in [-0.39, 0.29) is 19.0 Å². The lowest BCUT2D eigenvalue weighted by Crippen LogP contribution is -2.42. The van der Waals surface area contributed by atoms with Gasteiger partial charge in [-0.05, 0) is 28.3 Å². The third-order valence-corrected chi connectivity index (χ3v) is 4.25. The van der Waals surface area contributed by atoms with Crippen molar-refractivity contribution < 1.29 is 14.7 Å². The van der Waals surface area contributed by atoms with Crippen LogP contribution in [0.15, 0.2) is 48.5 Å². The fourth-order valence-corrected chi connectivity index (χ4v) is 2.99. The smallest absolute Gasteiger partial charge is 0.317 e. The molecule has 124 valence electrons. The average molecular weight is 324 g/mol. The van der Waals surface area contributed by atoms with Gasteiger partial charge in [0, 0.05) is 19.6 Å². The second-order valence-corrected chi connectivity index (χ2v) is 5.83. The molecular weight excluding hydrogens is 304 g/mol. The summed E-state index contributed by atoms with van der Waals surface area (Å²) >= 11 is 0. The van der Waals surface area contributed by atoms with E-state index in [0.717, 1.165) is 6.42 Å². The summed E-state index contributed by atoms with van der Waals surface area (Å²) in [5, 5.41) is 13.7. The molecule has 0 saturated heterocycles. The number of aliphatic carboxylic acids is 1. The van der Waals surface area contributed by atoms with Gasteiger partial charge in [-0.15, -0.1) is 0 Å². The van der Waals surface area contributed by atoms with E-state index in [1.807, 2.05) is 12.1 Å². The van der Waals surface area contributed by atoms with Crippen LogP contribution in [0.5, 0.6) is 0 Å². The Morgan fingerprint density at radius 3 is 2.67 bits per heavy atom. The van der Waals surface area contributed by atoms with Crippen molar-refractivity contribution >= 4 is 28.3 Å². The summed E-state index contributed by atoms with van der Waals surface area (Å²) in [5.41, 5.74) is 2.47. The highest BCUT2D eigenvalue weighted by Crippen LogP contribution is 2.29. The van der Waals surface area contributed by atoms with Gasteiger partial charge >= 0.3 is 12.0 Å². The van der Waals surface area contributed by atoms with E-state index in [1.165, 1.54) is 21.9 Å². The summed E-state index contributed by atoms with van der Waals surface area (Å²) in [6.07, 6.45) is 2.82. The maximum atomic E-state index is 12.0. The van der Waals surface area contributed by atoms with Gasteiger partial charge in [0.25, 0.3) is 0 Å². The van der Waals surface area contributed by atoms with Crippen LogP contribution < -0.4 is 5.32 Å². The Balaban J connectivity index is 1.69. The molecule has 1 aliphatic rings. The molecule has 3 rings (SSSR count). The molecule has 0 unspecified atom stereocenters. The second kappa shape index (κ2) is 7.17.